The molecule has 130 valence electrons. The molecule has 4 N–H and O–H groups in total. The molecule has 0 bridgehead atoms. The van der Waals surface area contributed by atoms with Crippen molar-refractivity contribution in [1.29, 1.82) is 0 Å². The summed E-state index contributed by atoms with van der Waals surface area (Å²) < 4.78 is 0. The average molecular weight is 382 g/mol. The molecule has 26 heavy (non-hydrogen) atoms. The molecule has 2 unspecified atom stereocenters. The van der Waals surface area contributed by atoms with Crippen LogP contribution in [0.1, 0.15) is 11.1 Å². The van der Waals surface area contributed by atoms with Gasteiger partial charge >= 0.3 is 0 Å². The standard InChI is InChI=1S/C18H14N4O2S2/c23-13-17(21-15(25)19-13,11-7-3-1-4-8-11)18(12-9-5-2-6-10-12)14(24)20-16(26)22-18/h1-10H,(H2,19,21,23,25)(H2,20,22,24,26). The van der Waals surface area contributed by atoms with E-state index >= 15 is 0 Å². The molecule has 0 radical (unpaired) electrons. The van der Waals surface area contributed by atoms with Gasteiger partial charge in [0.1, 0.15) is 0 Å². The van der Waals surface area contributed by atoms with Gasteiger partial charge in [0.25, 0.3) is 11.8 Å². The number of carbonyl (C=O) groups is 2. The van der Waals surface area contributed by atoms with Crippen LogP contribution in [0.5, 0.6) is 0 Å². The lowest BCUT2D eigenvalue weighted by molar-refractivity contribution is -0.136. The van der Waals surface area contributed by atoms with E-state index in [1.165, 1.54) is 0 Å². The van der Waals surface area contributed by atoms with Gasteiger partial charge in [-0.25, -0.2) is 0 Å². The second-order valence-electron chi connectivity index (χ2n) is 6.05. The molecule has 0 aliphatic carbocycles. The highest BCUT2D eigenvalue weighted by atomic mass is 32.1. The van der Waals surface area contributed by atoms with Crippen LogP contribution in [0.15, 0.2) is 60.7 Å². The molecule has 2 atom stereocenters. The van der Waals surface area contributed by atoms with Gasteiger partial charge in [-0.05, 0) is 35.6 Å². The summed E-state index contributed by atoms with van der Waals surface area (Å²) in [5.74, 6) is -0.852. The average Bonchev–Trinajstić information content (AvgIpc) is 3.12. The van der Waals surface area contributed by atoms with Crippen LogP contribution in [-0.4, -0.2) is 22.0 Å². The normalized spacial score (nSPS) is 27.5. The zero-order valence-electron chi connectivity index (χ0n) is 13.4. The minimum Gasteiger partial charge on any atom is -0.342 e. The summed E-state index contributed by atoms with van der Waals surface area (Å²) in [4.78, 5) is 26.4. The van der Waals surface area contributed by atoms with Crippen LogP contribution in [-0.2, 0) is 20.7 Å². The van der Waals surface area contributed by atoms with E-state index in [9.17, 15) is 9.59 Å². The Morgan fingerprint density at radius 2 is 0.962 bits per heavy atom. The Hall–Kier alpha value is -2.84. The van der Waals surface area contributed by atoms with E-state index in [-0.39, 0.29) is 10.2 Å². The van der Waals surface area contributed by atoms with Crippen molar-refractivity contribution in [3.8, 4) is 0 Å². The first-order valence-electron chi connectivity index (χ1n) is 7.89. The predicted octanol–water partition coefficient (Wildman–Crippen LogP) is 0.786. The smallest absolute Gasteiger partial charge is 0.259 e. The lowest BCUT2D eigenvalue weighted by Gasteiger charge is -2.42. The minimum absolute atomic E-state index is 0.154. The molecule has 4 rings (SSSR count). The number of hydrogen-bond acceptors (Lipinski definition) is 4. The summed E-state index contributed by atoms with van der Waals surface area (Å²) in [6.07, 6.45) is 0. The molecular weight excluding hydrogens is 368 g/mol. The molecule has 2 heterocycles. The maximum absolute atomic E-state index is 13.2. The largest absolute Gasteiger partial charge is 0.342 e. The van der Waals surface area contributed by atoms with E-state index < -0.39 is 22.9 Å². The van der Waals surface area contributed by atoms with Crippen LogP contribution in [0, 0.1) is 0 Å². The maximum atomic E-state index is 13.2. The van der Waals surface area contributed by atoms with Crippen LogP contribution in [0.25, 0.3) is 0 Å². The third-order valence-corrected chi connectivity index (χ3v) is 5.12. The topological polar surface area (TPSA) is 82.3 Å². The SMILES string of the molecule is O=C1NC(=S)NC1(c1ccccc1)C1(c2ccccc2)NC(=S)NC1=O. The summed E-state index contributed by atoms with van der Waals surface area (Å²) in [6.45, 7) is 0. The van der Waals surface area contributed by atoms with Crippen molar-refractivity contribution >= 4 is 46.5 Å². The van der Waals surface area contributed by atoms with E-state index in [1.54, 1.807) is 48.5 Å². The molecular formula is C18H14N4O2S2. The Morgan fingerprint density at radius 3 is 1.23 bits per heavy atom. The quantitative estimate of drug-likeness (QED) is 0.588. The minimum atomic E-state index is -1.50. The first-order valence-corrected chi connectivity index (χ1v) is 8.70. The molecule has 8 heteroatoms. The van der Waals surface area contributed by atoms with Gasteiger partial charge in [-0.15, -0.1) is 0 Å². The highest BCUT2D eigenvalue weighted by molar-refractivity contribution is 7.80. The first kappa shape index (κ1) is 16.6. The van der Waals surface area contributed by atoms with Crippen molar-refractivity contribution in [3.05, 3.63) is 71.8 Å². The van der Waals surface area contributed by atoms with Crippen molar-refractivity contribution < 1.29 is 9.59 Å². The molecule has 0 spiro atoms. The Morgan fingerprint density at radius 1 is 0.615 bits per heavy atom. The molecule has 2 aliphatic heterocycles. The van der Waals surface area contributed by atoms with Crippen LogP contribution in [0.2, 0.25) is 0 Å². The van der Waals surface area contributed by atoms with Gasteiger partial charge in [0.05, 0.1) is 0 Å². The summed E-state index contributed by atoms with van der Waals surface area (Å²) in [7, 11) is 0. The Bertz CT molecular complexity index is 857. The monoisotopic (exact) mass is 382 g/mol. The van der Waals surface area contributed by atoms with E-state index in [2.05, 4.69) is 21.3 Å². The second-order valence-corrected chi connectivity index (χ2v) is 6.87. The Labute approximate surface area is 160 Å². The van der Waals surface area contributed by atoms with Crippen LogP contribution in [0.4, 0.5) is 0 Å². The molecule has 0 aromatic heterocycles. The van der Waals surface area contributed by atoms with Crippen LogP contribution >= 0.6 is 24.4 Å². The Balaban J connectivity index is 2.07. The van der Waals surface area contributed by atoms with Crippen molar-refractivity contribution in [2.75, 3.05) is 0 Å². The molecule has 6 nitrogen and oxygen atoms in total. The number of carbonyl (C=O) groups excluding carboxylic acids is 2. The van der Waals surface area contributed by atoms with Gasteiger partial charge in [-0.3, -0.25) is 9.59 Å². The molecule has 2 amide bonds. The lowest BCUT2D eigenvalue weighted by atomic mass is 9.68. The summed E-state index contributed by atoms with van der Waals surface area (Å²) in [5.41, 5.74) is -1.82. The summed E-state index contributed by atoms with van der Waals surface area (Å²) in [6, 6.07) is 18.0. The number of benzene rings is 2. The highest BCUT2D eigenvalue weighted by Gasteiger charge is 2.68. The molecule has 2 aromatic rings. The molecule has 2 aromatic carbocycles. The predicted molar refractivity (Wildman–Crippen MR) is 104 cm³/mol. The van der Waals surface area contributed by atoms with E-state index in [0.29, 0.717) is 11.1 Å². The number of rotatable bonds is 3. The second kappa shape index (κ2) is 5.86. The fourth-order valence-electron chi connectivity index (χ4n) is 3.65. The van der Waals surface area contributed by atoms with E-state index in [0.717, 1.165) is 0 Å². The van der Waals surface area contributed by atoms with E-state index in [1.807, 2.05) is 12.1 Å². The fourth-order valence-corrected chi connectivity index (χ4v) is 4.15. The van der Waals surface area contributed by atoms with Crippen molar-refractivity contribution in [1.82, 2.24) is 21.3 Å². The first-order chi connectivity index (χ1) is 12.5. The van der Waals surface area contributed by atoms with Crippen LogP contribution < -0.4 is 21.3 Å². The summed E-state index contributed by atoms with van der Waals surface area (Å²) in [5, 5.41) is 11.7. The zero-order chi connectivity index (χ0) is 18.4. The highest BCUT2D eigenvalue weighted by Crippen LogP contribution is 2.44. The zero-order valence-corrected chi connectivity index (χ0v) is 15.0. The van der Waals surface area contributed by atoms with Crippen molar-refractivity contribution in [2.24, 2.45) is 0 Å². The number of nitrogens with one attached hydrogen (secondary N) is 4. The van der Waals surface area contributed by atoms with Gasteiger partial charge in [-0.2, -0.15) is 0 Å². The number of hydrogen-bond donors (Lipinski definition) is 4. The van der Waals surface area contributed by atoms with Crippen molar-refractivity contribution in [3.63, 3.8) is 0 Å². The Kier molecular flexibility index (Phi) is 3.74. The third kappa shape index (κ3) is 2.09. The van der Waals surface area contributed by atoms with E-state index in [4.69, 9.17) is 24.4 Å². The van der Waals surface area contributed by atoms with Gasteiger partial charge in [-0.1, -0.05) is 60.7 Å². The van der Waals surface area contributed by atoms with Crippen LogP contribution in [0.3, 0.4) is 0 Å². The molecule has 2 aliphatic rings. The summed E-state index contributed by atoms with van der Waals surface area (Å²) >= 11 is 10.4. The molecule has 2 saturated heterocycles. The van der Waals surface area contributed by atoms with Gasteiger partial charge in [0.15, 0.2) is 21.3 Å². The molecule has 0 saturated carbocycles. The fraction of sp³-hybridized carbons (Fsp3) is 0.111. The third-order valence-electron chi connectivity index (χ3n) is 4.71. The number of thiocarbonyl (C=S) groups is 2. The number of amides is 2. The van der Waals surface area contributed by atoms with Gasteiger partial charge in [0.2, 0.25) is 0 Å². The molecule has 2 fully saturated rings. The van der Waals surface area contributed by atoms with Gasteiger partial charge < -0.3 is 21.3 Å². The van der Waals surface area contributed by atoms with Gasteiger partial charge in [0, 0.05) is 0 Å². The van der Waals surface area contributed by atoms with Crippen molar-refractivity contribution in [2.45, 2.75) is 11.1 Å². The maximum Gasteiger partial charge on any atom is 0.259 e. The lowest BCUT2D eigenvalue weighted by Crippen LogP contribution is -2.67.